The van der Waals surface area contributed by atoms with Crippen LogP contribution >= 0.6 is 11.8 Å². The Hall–Kier alpha value is -2.73. The highest BCUT2D eigenvalue weighted by molar-refractivity contribution is 8.14. The Morgan fingerprint density at radius 1 is 1.12 bits per heavy atom. The fourth-order valence-electron chi connectivity index (χ4n) is 2.57. The lowest BCUT2D eigenvalue weighted by molar-refractivity contribution is 1.08. The number of hydrogen-bond donors (Lipinski definition) is 3. The summed E-state index contributed by atoms with van der Waals surface area (Å²) in [7, 11) is 1.82. The number of amidine groups is 1. The summed E-state index contributed by atoms with van der Waals surface area (Å²) in [6.45, 7) is 2.13. The van der Waals surface area contributed by atoms with Gasteiger partial charge in [0.25, 0.3) is 0 Å². The summed E-state index contributed by atoms with van der Waals surface area (Å²) in [4.78, 5) is 0. The third-order valence-electron chi connectivity index (χ3n) is 3.93. The largest absolute Gasteiger partial charge is 0.366 e. The molecule has 0 saturated carbocycles. The standard InChI is InChI=1S/C19H21N5S/c1-13(25-19(21-2)22-20)15-9-6-10-16(11-15)18-12-17(23-24-18)14-7-4-3-5-8-14/h3-13H,20H2,1-2H3,(H,21,22)(H,23,24). The Bertz CT molecular complexity index is 857. The monoisotopic (exact) mass is 351 g/mol. The van der Waals surface area contributed by atoms with Crippen molar-refractivity contribution in [3.05, 3.63) is 66.2 Å². The van der Waals surface area contributed by atoms with E-state index in [2.05, 4.69) is 70.0 Å². The Morgan fingerprint density at radius 2 is 1.88 bits per heavy atom. The van der Waals surface area contributed by atoms with E-state index in [1.165, 1.54) is 5.56 Å². The fraction of sp³-hybridized carbons (Fsp3) is 0.158. The molecule has 3 aromatic rings. The summed E-state index contributed by atoms with van der Waals surface area (Å²) in [6, 6.07) is 20.6. The van der Waals surface area contributed by atoms with Crippen molar-refractivity contribution < 1.29 is 0 Å². The third-order valence-corrected chi connectivity index (χ3v) is 5.09. The molecule has 1 unspecified atom stereocenters. The molecule has 0 aliphatic rings. The maximum Gasteiger partial charge on any atom is 0.180 e. The van der Waals surface area contributed by atoms with Gasteiger partial charge in [-0.1, -0.05) is 60.3 Å². The average molecular weight is 351 g/mol. The molecule has 1 heterocycles. The van der Waals surface area contributed by atoms with E-state index in [0.29, 0.717) is 5.17 Å². The van der Waals surface area contributed by atoms with E-state index >= 15 is 0 Å². The third kappa shape index (κ3) is 4.03. The zero-order chi connectivity index (χ0) is 17.6. The number of nitrogens with one attached hydrogen (secondary N) is 2. The highest BCUT2D eigenvalue weighted by atomic mass is 32.2. The number of hydrogen-bond acceptors (Lipinski definition) is 4. The molecule has 25 heavy (non-hydrogen) atoms. The van der Waals surface area contributed by atoms with Gasteiger partial charge in [0.2, 0.25) is 0 Å². The van der Waals surface area contributed by atoms with Crippen LogP contribution in [-0.4, -0.2) is 22.4 Å². The van der Waals surface area contributed by atoms with E-state index < -0.39 is 0 Å². The van der Waals surface area contributed by atoms with Gasteiger partial charge in [0.15, 0.2) is 5.17 Å². The molecule has 1 aromatic heterocycles. The SMILES string of the molecule is CN/C(=N\N)SC(C)c1cccc(-c2cc(-c3ccccc3)n[nH]2)c1. The van der Waals surface area contributed by atoms with E-state index in [9.17, 15) is 0 Å². The lowest BCUT2D eigenvalue weighted by Gasteiger charge is -2.13. The molecule has 0 fully saturated rings. The van der Waals surface area contributed by atoms with Crippen molar-refractivity contribution in [1.82, 2.24) is 15.5 Å². The smallest absolute Gasteiger partial charge is 0.180 e. The molecule has 4 N–H and O–H groups in total. The van der Waals surface area contributed by atoms with Crippen LogP contribution in [0.4, 0.5) is 0 Å². The van der Waals surface area contributed by atoms with Gasteiger partial charge in [-0.25, -0.2) is 0 Å². The first-order valence-corrected chi connectivity index (χ1v) is 8.92. The molecular weight excluding hydrogens is 330 g/mol. The van der Waals surface area contributed by atoms with Gasteiger partial charge in [0, 0.05) is 17.9 Å². The molecule has 5 nitrogen and oxygen atoms in total. The van der Waals surface area contributed by atoms with Crippen LogP contribution in [0.15, 0.2) is 65.8 Å². The van der Waals surface area contributed by atoms with E-state index in [1.54, 1.807) is 11.8 Å². The van der Waals surface area contributed by atoms with Gasteiger partial charge in [-0.3, -0.25) is 5.10 Å². The zero-order valence-electron chi connectivity index (χ0n) is 14.2. The van der Waals surface area contributed by atoms with Crippen LogP contribution in [0.25, 0.3) is 22.5 Å². The summed E-state index contributed by atoms with van der Waals surface area (Å²) in [5.74, 6) is 5.38. The van der Waals surface area contributed by atoms with Crippen molar-refractivity contribution in [3.8, 4) is 22.5 Å². The van der Waals surface area contributed by atoms with Gasteiger partial charge in [-0.15, -0.1) is 0 Å². The van der Waals surface area contributed by atoms with E-state index in [1.807, 2.05) is 25.2 Å². The van der Waals surface area contributed by atoms with Gasteiger partial charge in [-0.05, 0) is 30.2 Å². The summed E-state index contributed by atoms with van der Waals surface area (Å²) in [5, 5.41) is 15.2. The molecule has 0 aliphatic carbocycles. The first-order chi connectivity index (χ1) is 12.2. The quantitative estimate of drug-likeness (QED) is 0.287. The maximum atomic E-state index is 5.38. The topological polar surface area (TPSA) is 79.1 Å². The lowest BCUT2D eigenvalue weighted by atomic mass is 10.1. The second-order valence-electron chi connectivity index (χ2n) is 5.60. The lowest BCUT2D eigenvalue weighted by Crippen LogP contribution is -2.17. The maximum absolute atomic E-state index is 5.38. The van der Waals surface area contributed by atoms with Crippen LogP contribution in [0, 0.1) is 0 Å². The minimum atomic E-state index is 0.228. The Kier molecular flexibility index (Phi) is 5.40. The van der Waals surface area contributed by atoms with Crippen LogP contribution in [0.5, 0.6) is 0 Å². The number of hydrazone groups is 1. The normalized spacial score (nSPS) is 12.8. The van der Waals surface area contributed by atoms with Crippen LogP contribution < -0.4 is 11.2 Å². The van der Waals surface area contributed by atoms with Crippen LogP contribution in [-0.2, 0) is 0 Å². The number of nitrogens with zero attached hydrogens (tertiary/aromatic N) is 2. The Labute approximate surface area is 151 Å². The predicted octanol–water partition coefficient (Wildman–Crippen LogP) is 3.99. The number of benzene rings is 2. The minimum absolute atomic E-state index is 0.228. The van der Waals surface area contributed by atoms with Gasteiger partial charge >= 0.3 is 0 Å². The Morgan fingerprint density at radius 3 is 2.60 bits per heavy atom. The van der Waals surface area contributed by atoms with Crippen molar-refractivity contribution in [2.75, 3.05) is 7.05 Å². The molecule has 2 aromatic carbocycles. The minimum Gasteiger partial charge on any atom is -0.366 e. The van der Waals surface area contributed by atoms with Gasteiger partial charge in [0.05, 0.1) is 11.4 Å². The number of H-pyrrole nitrogens is 1. The molecule has 0 amide bonds. The molecule has 128 valence electrons. The number of nitrogens with two attached hydrogens (primary N) is 1. The summed E-state index contributed by atoms with van der Waals surface area (Å²) in [6.07, 6.45) is 0. The molecule has 0 bridgehead atoms. The molecule has 0 saturated heterocycles. The molecule has 0 aliphatic heterocycles. The molecule has 0 spiro atoms. The van der Waals surface area contributed by atoms with Crippen molar-refractivity contribution in [2.24, 2.45) is 10.9 Å². The highest BCUT2D eigenvalue weighted by Crippen LogP contribution is 2.31. The van der Waals surface area contributed by atoms with Crippen molar-refractivity contribution >= 4 is 16.9 Å². The molecule has 0 radical (unpaired) electrons. The number of rotatable bonds is 4. The van der Waals surface area contributed by atoms with Gasteiger partial charge in [-0.2, -0.15) is 10.2 Å². The molecular formula is C19H21N5S. The average Bonchev–Trinajstić information content (AvgIpc) is 3.17. The zero-order valence-corrected chi connectivity index (χ0v) is 15.0. The number of aromatic nitrogens is 2. The van der Waals surface area contributed by atoms with Gasteiger partial charge < -0.3 is 11.2 Å². The molecule has 1 atom stereocenters. The van der Waals surface area contributed by atoms with Crippen LogP contribution in [0.2, 0.25) is 0 Å². The first-order valence-electron chi connectivity index (χ1n) is 8.04. The second kappa shape index (κ2) is 7.90. The number of aromatic amines is 1. The van der Waals surface area contributed by atoms with Crippen molar-refractivity contribution in [3.63, 3.8) is 0 Å². The van der Waals surface area contributed by atoms with Crippen LogP contribution in [0.1, 0.15) is 17.7 Å². The van der Waals surface area contributed by atoms with Crippen molar-refractivity contribution in [1.29, 1.82) is 0 Å². The number of thioether (sulfide) groups is 1. The van der Waals surface area contributed by atoms with Crippen LogP contribution in [0.3, 0.4) is 0 Å². The highest BCUT2D eigenvalue weighted by Gasteiger charge is 2.12. The Balaban J connectivity index is 1.83. The molecule has 3 rings (SSSR count). The summed E-state index contributed by atoms with van der Waals surface area (Å²) < 4.78 is 0. The summed E-state index contributed by atoms with van der Waals surface area (Å²) in [5.41, 5.74) is 5.35. The first kappa shape index (κ1) is 17.1. The van der Waals surface area contributed by atoms with E-state index in [0.717, 1.165) is 22.5 Å². The molecule has 6 heteroatoms. The van der Waals surface area contributed by atoms with E-state index in [-0.39, 0.29) is 5.25 Å². The summed E-state index contributed by atoms with van der Waals surface area (Å²) >= 11 is 1.59. The van der Waals surface area contributed by atoms with Gasteiger partial charge in [0.1, 0.15) is 0 Å². The van der Waals surface area contributed by atoms with Crippen molar-refractivity contribution in [2.45, 2.75) is 12.2 Å². The fourth-order valence-corrected chi connectivity index (χ4v) is 3.37. The van der Waals surface area contributed by atoms with E-state index in [4.69, 9.17) is 5.84 Å². The second-order valence-corrected chi connectivity index (χ2v) is 6.93. The predicted molar refractivity (Wildman–Crippen MR) is 106 cm³/mol.